The lowest BCUT2D eigenvalue weighted by molar-refractivity contribution is -0.146. The summed E-state index contributed by atoms with van der Waals surface area (Å²) in [5, 5.41) is 18.9. The van der Waals surface area contributed by atoms with Gasteiger partial charge in [0.05, 0.1) is 5.41 Å². The second-order valence-electron chi connectivity index (χ2n) is 5.32. The quantitative estimate of drug-likeness (QED) is 0.848. The zero-order chi connectivity index (χ0) is 13.4. The number of rotatable bonds is 3. The number of carbonyl (C=O) groups is 1. The number of hydrogen-bond acceptors (Lipinski definition) is 2. The van der Waals surface area contributed by atoms with Crippen molar-refractivity contribution in [2.75, 3.05) is 0 Å². The average Bonchev–Trinajstić information content (AvgIpc) is 2.22. The predicted octanol–water partition coefficient (Wildman–Crippen LogP) is 2.97. The highest BCUT2D eigenvalue weighted by molar-refractivity contribution is 5.74. The summed E-state index contributed by atoms with van der Waals surface area (Å²) in [7, 11) is 0. The van der Waals surface area contributed by atoms with Crippen molar-refractivity contribution in [2.45, 2.75) is 41.0 Å². The minimum Gasteiger partial charge on any atom is -0.507 e. The number of aromatic hydroxyl groups is 1. The van der Waals surface area contributed by atoms with E-state index in [-0.39, 0.29) is 0 Å². The van der Waals surface area contributed by atoms with Crippen LogP contribution in [0.25, 0.3) is 0 Å². The summed E-state index contributed by atoms with van der Waals surface area (Å²) in [6.07, 6.45) is 0.468. The zero-order valence-electron chi connectivity index (χ0n) is 11.1. The molecule has 0 aliphatic carbocycles. The molecule has 0 radical (unpaired) electrons. The molecule has 0 atom stereocenters. The van der Waals surface area contributed by atoms with Crippen molar-refractivity contribution in [3.8, 4) is 5.75 Å². The lowest BCUT2D eigenvalue weighted by atomic mass is 9.83. The van der Waals surface area contributed by atoms with Gasteiger partial charge in [-0.15, -0.1) is 0 Å². The summed E-state index contributed by atoms with van der Waals surface area (Å²) in [5.41, 5.74) is 2.80. The Kier molecular flexibility index (Phi) is 3.51. The first-order valence-electron chi connectivity index (χ1n) is 5.69. The van der Waals surface area contributed by atoms with Crippen LogP contribution in [-0.2, 0) is 11.2 Å². The van der Waals surface area contributed by atoms with Crippen molar-refractivity contribution in [3.05, 3.63) is 28.3 Å². The molecule has 94 valence electrons. The molecule has 0 unspecified atom stereocenters. The van der Waals surface area contributed by atoms with Gasteiger partial charge in [0.25, 0.3) is 0 Å². The lowest BCUT2D eigenvalue weighted by Gasteiger charge is -2.22. The molecule has 1 rings (SSSR count). The summed E-state index contributed by atoms with van der Waals surface area (Å²) in [4.78, 5) is 11.1. The average molecular weight is 236 g/mol. The minimum absolute atomic E-state index is 0.305. The third kappa shape index (κ3) is 2.60. The van der Waals surface area contributed by atoms with Crippen LogP contribution in [0.4, 0.5) is 0 Å². The molecule has 1 aromatic carbocycles. The van der Waals surface area contributed by atoms with E-state index in [9.17, 15) is 9.90 Å². The van der Waals surface area contributed by atoms with E-state index in [4.69, 9.17) is 5.11 Å². The molecule has 0 saturated heterocycles. The van der Waals surface area contributed by atoms with Gasteiger partial charge in [0.2, 0.25) is 0 Å². The number of aryl methyl sites for hydroxylation is 1. The molecule has 0 fully saturated rings. The normalized spacial score (nSPS) is 11.6. The third-order valence-electron chi connectivity index (χ3n) is 3.37. The Hall–Kier alpha value is -1.51. The van der Waals surface area contributed by atoms with Crippen molar-refractivity contribution in [3.63, 3.8) is 0 Å². The van der Waals surface area contributed by atoms with Crippen LogP contribution in [0.15, 0.2) is 6.07 Å². The van der Waals surface area contributed by atoms with Crippen molar-refractivity contribution in [1.82, 2.24) is 0 Å². The number of phenols is 1. The van der Waals surface area contributed by atoms with E-state index >= 15 is 0 Å². The Morgan fingerprint density at radius 2 is 1.76 bits per heavy atom. The monoisotopic (exact) mass is 236 g/mol. The summed E-state index contributed by atoms with van der Waals surface area (Å²) in [6.45, 7) is 9.04. The van der Waals surface area contributed by atoms with Gasteiger partial charge in [-0.05, 0) is 63.3 Å². The smallest absolute Gasteiger partial charge is 0.309 e. The van der Waals surface area contributed by atoms with Gasteiger partial charge in [-0.25, -0.2) is 0 Å². The number of hydrogen-bond donors (Lipinski definition) is 2. The fraction of sp³-hybridized carbons (Fsp3) is 0.500. The highest BCUT2D eigenvalue weighted by atomic mass is 16.4. The molecular formula is C14H20O3. The van der Waals surface area contributed by atoms with E-state index in [1.807, 2.05) is 26.8 Å². The molecular weight excluding hydrogens is 216 g/mol. The number of benzene rings is 1. The standard InChI is InChI=1S/C14H20O3/c1-8-6-11(7-14(4,5)13(16)17)9(2)10(3)12(8)15/h6,15H,7H2,1-5H3,(H,16,17). The van der Waals surface area contributed by atoms with Crippen molar-refractivity contribution >= 4 is 5.97 Å². The maximum absolute atomic E-state index is 11.1. The summed E-state index contributed by atoms with van der Waals surface area (Å²) < 4.78 is 0. The van der Waals surface area contributed by atoms with Gasteiger partial charge >= 0.3 is 5.97 Å². The maximum atomic E-state index is 11.1. The summed E-state index contributed by atoms with van der Waals surface area (Å²) in [5.74, 6) is -0.500. The molecule has 0 heterocycles. The minimum atomic E-state index is -0.805. The molecule has 17 heavy (non-hydrogen) atoms. The van der Waals surface area contributed by atoms with Gasteiger partial charge in [-0.1, -0.05) is 6.07 Å². The first kappa shape index (κ1) is 13.6. The molecule has 0 aromatic heterocycles. The SMILES string of the molecule is Cc1cc(CC(C)(C)C(=O)O)c(C)c(C)c1O. The molecule has 0 saturated carbocycles. The number of carboxylic acids is 1. The van der Waals surface area contributed by atoms with Gasteiger partial charge in [-0.2, -0.15) is 0 Å². The highest BCUT2D eigenvalue weighted by Crippen LogP contribution is 2.31. The van der Waals surface area contributed by atoms with Gasteiger partial charge in [0, 0.05) is 0 Å². The van der Waals surface area contributed by atoms with E-state index in [2.05, 4.69) is 0 Å². The molecule has 0 spiro atoms. The molecule has 3 nitrogen and oxygen atoms in total. The molecule has 0 aliphatic rings. The zero-order valence-corrected chi connectivity index (χ0v) is 11.1. The topological polar surface area (TPSA) is 57.5 Å². The van der Waals surface area contributed by atoms with E-state index in [0.29, 0.717) is 12.2 Å². The fourth-order valence-electron chi connectivity index (χ4n) is 1.89. The first-order chi connectivity index (χ1) is 7.66. The second kappa shape index (κ2) is 4.40. The summed E-state index contributed by atoms with van der Waals surface area (Å²) in [6, 6.07) is 1.88. The van der Waals surface area contributed by atoms with Gasteiger partial charge < -0.3 is 10.2 Å². The predicted molar refractivity (Wildman–Crippen MR) is 67.4 cm³/mol. The fourth-order valence-corrected chi connectivity index (χ4v) is 1.89. The molecule has 3 heteroatoms. The highest BCUT2D eigenvalue weighted by Gasteiger charge is 2.28. The Morgan fingerprint density at radius 3 is 2.24 bits per heavy atom. The Balaban J connectivity index is 3.21. The Bertz CT molecular complexity index is 459. The van der Waals surface area contributed by atoms with Crippen molar-refractivity contribution in [1.29, 1.82) is 0 Å². The van der Waals surface area contributed by atoms with Crippen LogP contribution in [0.2, 0.25) is 0 Å². The lowest BCUT2D eigenvalue weighted by Crippen LogP contribution is -2.26. The van der Waals surface area contributed by atoms with Crippen LogP contribution in [0.1, 0.15) is 36.1 Å². The molecule has 2 N–H and O–H groups in total. The largest absolute Gasteiger partial charge is 0.507 e. The van der Waals surface area contributed by atoms with E-state index in [0.717, 1.165) is 22.3 Å². The van der Waals surface area contributed by atoms with Crippen molar-refractivity contribution in [2.24, 2.45) is 5.41 Å². The third-order valence-corrected chi connectivity index (χ3v) is 3.37. The van der Waals surface area contributed by atoms with Crippen LogP contribution in [-0.4, -0.2) is 16.2 Å². The van der Waals surface area contributed by atoms with E-state index in [1.54, 1.807) is 13.8 Å². The van der Waals surface area contributed by atoms with Crippen LogP contribution < -0.4 is 0 Å². The van der Waals surface area contributed by atoms with Gasteiger partial charge in [0.15, 0.2) is 0 Å². The number of aliphatic carboxylic acids is 1. The molecule has 0 amide bonds. The molecule has 0 bridgehead atoms. The van der Waals surface area contributed by atoms with Crippen molar-refractivity contribution < 1.29 is 15.0 Å². The number of carboxylic acid groups (broad SMARTS) is 1. The van der Waals surface area contributed by atoms with Crippen LogP contribution in [0.5, 0.6) is 5.75 Å². The Morgan fingerprint density at radius 1 is 1.24 bits per heavy atom. The summed E-state index contributed by atoms with van der Waals surface area (Å²) >= 11 is 0. The molecule has 0 aliphatic heterocycles. The van der Waals surface area contributed by atoms with Crippen LogP contribution >= 0.6 is 0 Å². The second-order valence-corrected chi connectivity index (χ2v) is 5.32. The van der Waals surface area contributed by atoms with E-state index < -0.39 is 11.4 Å². The van der Waals surface area contributed by atoms with Gasteiger partial charge in [-0.3, -0.25) is 4.79 Å². The number of phenolic OH excluding ortho intramolecular Hbond substituents is 1. The first-order valence-corrected chi connectivity index (χ1v) is 5.69. The van der Waals surface area contributed by atoms with E-state index in [1.165, 1.54) is 0 Å². The Labute approximate surface area is 102 Å². The van der Waals surface area contributed by atoms with Gasteiger partial charge in [0.1, 0.15) is 5.75 Å². The van der Waals surface area contributed by atoms with Crippen LogP contribution in [0.3, 0.4) is 0 Å². The van der Waals surface area contributed by atoms with Crippen LogP contribution in [0, 0.1) is 26.2 Å². The molecule has 1 aromatic rings. The maximum Gasteiger partial charge on any atom is 0.309 e.